The predicted molar refractivity (Wildman–Crippen MR) is 121 cm³/mol. The summed E-state index contributed by atoms with van der Waals surface area (Å²) in [7, 11) is 0. The average molecular weight is 453 g/mol. The van der Waals surface area contributed by atoms with Crippen LogP contribution >= 0.6 is 11.3 Å². The second-order valence-electron chi connectivity index (χ2n) is 6.83. The minimum atomic E-state index is -4.38. The van der Waals surface area contributed by atoms with Gasteiger partial charge in [-0.1, -0.05) is 54.6 Å². The van der Waals surface area contributed by atoms with Crippen LogP contribution in [0.2, 0.25) is 0 Å². The number of ether oxygens (including phenoxy) is 1. The Morgan fingerprint density at radius 3 is 2.59 bits per heavy atom. The van der Waals surface area contributed by atoms with Crippen molar-refractivity contribution in [1.29, 1.82) is 0 Å². The highest BCUT2D eigenvalue weighted by Gasteiger charge is 2.30. The Morgan fingerprint density at radius 1 is 0.969 bits per heavy atom. The van der Waals surface area contributed by atoms with Gasteiger partial charge in [0, 0.05) is 10.9 Å². The van der Waals surface area contributed by atoms with E-state index in [1.54, 1.807) is 30.5 Å². The number of nitrogens with zero attached hydrogens (tertiary/aromatic N) is 2. The van der Waals surface area contributed by atoms with E-state index in [1.807, 2.05) is 41.8 Å². The van der Waals surface area contributed by atoms with Crippen LogP contribution in [0.25, 0.3) is 11.3 Å². The van der Waals surface area contributed by atoms with E-state index < -0.39 is 11.7 Å². The molecule has 1 N–H and O–H groups in total. The van der Waals surface area contributed by atoms with Gasteiger partial charge < -0.3 is 4.74 Å². The first kappa shape index (κ1) is 21.6. The molecule has 0 fully saturated rings. The van der Waals surface area contributed by atoms with Gasteiger partial charge in [-0.3, -0.25) is 5.43 Å². The predicted octanol–water partition coefficient (Wildman–Crippen LogP) is 6.85. The third-order valence-electron chi connectivity index (χ3n) is 4.47. The number of benzene rings is 3. The standard InChI is InChI=1S/C24H18F3N3OS/c25-24(26,27)20-10-4-7-18(12-20)15-31-21-11-5-6-17(13-21)14-28-30-23-29-22(16-32-23)19-8-2-1-3-9-19/h1-14,16H,15H2,(H,29,30). The molecule has 0 saturated heterocycles. The molecule has 4 aromatic rings. The van der Waals surface area contributed by atoms with E-state index >= 15 is 0 Å². The zero-order chi connectivity index (χ0) is 22.4. The van der Waals surface area contributed by atoms with Gasteiger partial charge in [-0.05, 0) is 35.4 Å². The van der Waals surface area contributed by atoms with E-state index in [9.17, 15) is 13.2 Å². The molecule has 1 aromatic heterocycles. The van der Waals surface area contributed by atoms with Crippen molar-refractivity contribution in [3.05, 3.63) is 101 Å². The first-order chi connectivity index (χ1) is 15.5. The van der Waals surface area contributed by atoms with Crippen molar-refractivity contribution in [2.24, 2.45) is 5.10 Å². The smallest absolute Gasteiger partial charge is 0.416 e. The lowest BCUT2D eigenvalue weighted by atomic mass is 10.1. The molecule has 4 nitrogen and oxygen atoms in total. The maximum absolute atomic E-state index is 12.8. The number of nitrogens with one attached hydrogen (secondary N) is 1. The molecule has 0 aliphatic rings. The molecule has 4 rings (SSSR count). The number of rotatable bonds is 7. The SMILES string of the molecule is FC(F)(F)c1cccc(COc2cccc(C=NNc3nc(-c4ccccc4)cs3)c2)c1. The summed E-state index contributed by atoms with van der Waals surface area (Å²) in [6.45, 7) is 0.0319. The van der Waals surface area contributed by atoms with Crippen molar-refractivity contribution in [3.8, 4) is 17.0 Å². The minimum Gasteiger partial charge on any atom is -0.489 e. The largest absolute Gasteiger partial charge is 0.489 e. The topological polar surface area (TPSA) is 46.5 Å². The van der Waals surface area contributed by atoms with Crippen LogP contribution in [0.15, 0.2) is 89.3 Å². The van der Waals surface area contributed by atoms with E-state index in [0.29, 0.717) is 16.4 Å². The molecular weight excluding hydrogens is 435 g/mol. The lowest BCUT2D eigenvalue weighted by molar-refractivity contribution is -0.137. The van der Waals surface area contributed by atoms with Gasteiger partial charge in [-0.25, -0.2) is 4.98 Å². The van der Waals surface area contributed by atoms with Gasteiger partial charge >= 0.3 is 6.18 Å². The highest BCUT2D eigenvalue weighted by atomic mass is 32.1. The van der Waals surface area contributed by atoms with Crippen molar-refractivity contribution in [2.75, 3.05) is 5.43 Å². The number of hydrogen-bond acceptors (Lipinski definition) is 5. The summed E-state index contributed by atoms with van der Waals surface area (Å²) >= 11 is 1.45. The van der Waals surface area contributed by atoms with Crippen LogP contribution in [0.5, 0.6) is 5.75 Å². The summed E-state index contributed by atoms with van der Waals surface area (Å²) in [6, 6.07) is 22.1. The van der Waals surface area contributed by atoms with E-state index in [2.05, 4.69) is 15.5 Å². The number of hydrazone groups is 1. The Morgan fingerprint density at radius 2 is 1.78 bits per heavy atom. The quantitative estimate of drug-likeness (QED) is 0.246. The summed E-state index contributed by atoms with van der Waals surface area (Å²) in [6.07, 6.45) is -2.75. The molecule has 0 spiro atoms. The number of halogens is 3. The fourth-order valence-electron chi connectivity index (χ4n) is 2.92. The molecule has 0 aliphatic carbocycles. The molecule has 0 amide bonds. The average Bonchev–Trinajstić information content (AvgIpc) is 3.27. The van der Waals surface area contributed by atoms with Crippen LogP contribution in [0.3, 0.4) is 0 Å². The summed E-state index contributed by atoms with van der Waals surface area (Å²) in [5, 5.41) is 6.83. The minimum absolute atomic E-state index is 0.0319. The van der Waals surface area contributed by atoms with Gasteiger partial charge in [0.2, 0.25) is 5.13 Å². The number of anilines is 1. The van der Waals surface area contributed by atoms with Gasteiger partial charge in [-0.2, -0.15) is 18.3 Å². The van der Waals surface area contributed by atoms with E-state index in [0.717, 1.165) is 29.0 Å². The third kappa shape index (κ3) is 5.73. The molecular formula is C24H18F3N3OS. The first-order valence-corrected chi connectivity index (χ1v) is 10.5. The molecule has 0 atom stereocenters. The van der Waals surface area contributed by atoms with Gasteiger partial charge in [0.15, 0.2) is 0 Å². The van der Waals surface area contributed by atoms with Crippen molar-refractivity contribution in [1.82, 2.24) is 4.98 Å². The molecule has 0 radical (unpaired) electrons. The van der Waals surface area contributed by atoms with Crippen LogP contribution in [0.4, 0.5) is 18.3 Å². The van der Waals surface area contributed by atoms with Crippen LogP contribution in [-0.2, 0) is 12.8 Å². The van der Waals surface area contributed by atoms with Crippen molar-refractivity contribution in [2.45, 2.75) is 12.8 Å². The second kappa shape index (κ2) is 9.65. The van der Waals surface area contributed by atoms with Gasteiger partial charge in [-0.15, -0.1) is 11.3 Å². The van der Waals surface area contributed by atoms with E-state index in [-0.39, 0.29) is 6.61 Å². The highest BCUT2D eigenvalue weighted by Crippen LogP contribution is 2.30. The fraction of sp³-hybridized carbons (Fsp3) is 0.0833. The highest BCUT2D eigenvalue weighted by molar-refractivity contribution is 7.14. The molecule has 0 unspecified atom stereocenters. The zero-order valence-corrected chi connectivity index (χ0v) is 17.5. The normalized spacial score (nSPS) is 11.6. The van der Waals surface area contributed by atoms with E-state index in [4.69, 9.17) is 4.74 Å². The lowest BCUT2D eigenvalue weighted by Crippen LogP contribution is -2.06. The van der Waals surface area contributed by atoms with Crippen molar-refractivity contribution < 1.29 is 17.9 Å². The second-order valence-corrected chi connectivity index (χ2v) is 7.69. The van der Waals surface area contributed by atoms with E-state index in [1.165, 1.54) is 17.4 Å². The number of hydrogen-bond donors (Lipinski definition) is 1. The summed E-state index contributed by atoms with van der Waals surface area (Å²) in [5.74, 6) is 0.534. The van der Waals surface area contributed by atoms with Crippen LogP contribution in [0.1, 0.15) is 16.7 Å². The molecule has 0 bridgehead atoms. The van der Waals surface area contributed by atoms with Gasteiger partial charge in [0.05, 0.1) is 17.5 Å². The lowest BCUT2D eigenvalue weighted by Gasteiger charge is -2.10. The maximum Gasteiger partial charge on any atom is 0.416 e. The Balaban J connectivity index is 1.35. The number of thiazole rings is 1. The fourth-order valence-corrected chi connectivity index (χ4v) is 3.59. The molecule has 1 heterocycles. The Kier molecular flexibility index (Phi) is 6.51. The van der Waals surface area contributed by atoms with Crippen molar-refractivity contribution in [3.63, 3.8) is 0 Å². The van der Waals surface area contributed by atoms with Crippen LogP contribution in [0, 0.1) is 0 Å². The Hall–Kier alpha value is -3.65. The number of alkyl halides is 3. The maximum atomic E-state index is 12.8. The van der Waals surface area contributed by atoms with Crippen LogP contribution in [-0.4, -0.2) is 11.2 Å². The first-order valence-electron chi connectivity index (χ1n) is 9.66. The van der Waals surface area contributed by atoms with Gasteiger partial charge in [0.25, 0.3) is 0 Å². The summed E-state index contributed by atoms with van der Waals surface area (Å²) in [4.78, 5) is 4.51. The van der Waals surface area contributed by atoms with Crippen molar-refractivity contribution >= 4 is 22.7 Å². The molecule has 162 valence electrons. The zero-order valence-electron chi connectivity index (χ0n) is 16.7. The summed E-state index contributed by atoms with van der Waals surface area (Å²) < 4.78 is 44.2. The molecule has 0 saturated carbocycles. The Labute approximate surface area is 187 Å². The Bertz CT molecular complexity index is 1210. The molecule has 0 aliphatic heterocycles. The third-order valence-corrected chi connectivity index (χ3v) is 5.21. The molecule has 32 heavy (non-hydrogen) atoms. The molecule has 3 aromatic carbocycles. The van der Waals surface area contributed by atoms with Crippen LogP contribution < -0.4 is 10.2 Å². The monoisotopic (exact) mass is 453 g/mol. The molecule has 8 heteroatoms. The number of aromatic nitrogens is 1. The van der Waals surface area contributed by atoms with Gasteiger partial charge in [0.1, 0.15) is 12.4 Å². The summed E-state index contributed by atoms with van der Waals surface area (Å²) in [5.41, 5.74) is 5.35.